The number of amides is 1. The first-order valence-corrected chi connectivity index (χ1v) is 9.88. The summed E-state index contributed by atoms with van der Waals surface area (Å²) in [4.78, 5) is 27.7. The minimum absolute atomic E-state index is 0.116. The number of nitrogens with zero attached hydrogens (tertiary/aromatic N) is 5. The summed E-state index contributed by atoms with van der Waals surface area (Å²) in [6.45, 7) is 2.45. The molecule has 1 fully saturated rings. The van der Waals surface area contributed by atoms with Crippen molar-refractivity contribution in [2.75, 3.05) is 52.4 Å². The van der Waals surface area contributed by atoms with Crippen LogP contribution in [0.5, 0.6) is 5.88 Å². The number of anilines is 1. The van der Waals surface area contributed by atoms with Gasteiger partial charge < -0.3 is 14.5 Å². The van der Waals surface area contributed by atoms with Crippen LogP contribution >= 0.6 is 0 Å². The Morgan fingerprint density at radius 3 is 2.62 bits per heavy atom. The van der Waals surface area contributed by atoms with Gasteiger partial charge in [0.15, 0.2) is 0 Å². The fourth-order valence-corrected chi connectivity index (χ4v) is 3.32. The lowest BCUT2D eigenvalue weighted by Crippen LogP contribution is -2.42. The monoisotopic (exact) mass is 395 g/mol. The predicted octanol–water partition coefficient (Wildman–Crippen LogP) is 2.48. The molecule has 7 heteroatoms. The Hall–Kier alpha value is -2.93. The second kappa shape index (κ2) is 10.0. The van der Waals surface area contributed by atoms with Crippen molar-refractivity contribution < 1.29 is 9.53 Å². The van der Waals surface area contributed by atoms with Crippen molar-refractivity contribution in [2.45, 2.75) is 12.8 Å². The lowest BCUT2D eigenvalue weighted by Gasteiger charge is -2.28. The number of hydrogen-bond acceptors (Lipinski definition) is 5. The van der Waals surface area contributed by atoms with Gasteiger partial charge in [0.1, 0.15) is 12.5 Å². The molecule has 154 valence electrons. The molecule has 2 heterocycles. The Balaban J connectivity index is 1.87. The lowest BCUT2D eigenvalue weighted by molar-refractivity contribution is -0.132. The van der Waals surface area contributed by atoms with Crippen LogP contribution in [-0.2, 0) is 4.79 Å². The van der Waals surface area contributed by atoms with Crippen LogP contribution in [0.2, 0.25) is 0 Å². The van der Waals surface area contributed by atoms with Gasteiger partial charge in [-0.3, -0.25) is 9.69 Å². The number of para-hydroxylation sites is 1. The van der Waals surface area contributed by atoms with Crippen molar-refractivity contribution in [3.05, 3.63) is 54.2 Å². The number of carbonyl (C=O) groups is 1. The first-order chi connectivity index (χ1) is 14.1. The Morgan fingerprint density at radius 1 is 1.17 bits per heavy atom. The number of ether oxygens (including phenoxy) is 1. The summed E-state index contributed by atoms with van der Waals surface area (Å²) in [7, 11) is 5.56. The predicted molar refractivity (Wildman–Crippen MR) is 115 cm³/mol. The van der Waals surface area contributed by atoms with Gasteiger partial charge in [-0.05, 0) is 44.6 Å². The van der Waals surface area contributed by atoms with E-state index in [9.17, 15) is 4.79 Å². The maximum Gasteiger partial charge on any atom is 0.238 e. The quantitative estimate of drug-likeness (QED) is 0.575. The standard InChI is InChI=1S/C22H29N5O2/c1-25-13-7-8-14-27(21(28)16-25)17-24-22(18-11-12-20(29-3)23-15-18)26(2)19-9-5-4-6-10-19/h4-6,9-12,15H,7-8,13-14,16-17H2,1-3H3/b24-22-. The number of aliphatic imine (C=N–C) groups is 1. The molecular weight excluding hydrogens is 366 g/mol. The van der Waals surface area contributed by atoms with Gasteiger partial charge in [-0.1, -0.05) is 18.2 Å². The van der Waals surface area contributed by atoms with E-state index in [0.29, 0.717) is 19.1 Å². The van der Waals surface area contributed by atoms with Crippen LogP contribution in [0.3, 0.4) is 0 Å². The first-order valence-electron chi connectivity index (χ1n) is 9.88. The highest BCUT2D eigenvalue weighted by molar-refractivity contribution is 6.09. The molecule has 1 aromatic heterocycles. The third-order valence-corrected chi connectivity index (χ3v) is 5.03. The van der Waals surface area contributed by atoms with E-state index in [1.54, 1.807) is 13.3 Å². The van der Waals surface area contributed by atoms with Crippen molar-refractivity contribution in [1.82, 2.24) is 14.8 Å². The summed E-state index contributed by atoms with van der Waals surface area (Å²) in [6, 6.07) is 13.8. The second-order valence-electron chi connectivity index (χ2n) is 7.21. The number of carbonyl (C=O) groups excluding carboxylic acids is 1. The van der Waals surface area contributed by atoms with Gasteiger partial charge in [0.2, 0.25) is 11.8 Å². The van der Waals surface area contributed by atoms with Crippen LogP contribution in [-0.4, -0.2) is 74.0 Å². The molecule has 7 nitrogen and oxygen atoms in total. The van der Waals surface area contributed by atoms with Gasteiger partial charge >= 0.3 is 0 Å². The molecule has 0 spiro atoms. The Labute approximate surface area is 172 Å². The van der Waals surface area contributed by atoms with E-state index < -0.39 is 0 Å². The minimum Gasteiger partial charge on any atom is -0.481 e. The van der Waals surface area contributed by atoms with Crippen molar-refractivity contribution >= 4 is 17.4 Å². The molecule has 29 heavy (non-hydrogen) atoms. The molecule has 0 aliphatic carbocycles. The zero-order chi connectivity index (χ0) is 20.6. The maximum atomic E-state index is 12.6. The number of rotatable bonds is 5. The van der Waals surface area contributed by atoms with Gasteiger partial charge in [0, 0.05) is 37.1 Å². The molecule has 0 saturated carbocycles. The van der Waals surface area contributed by atoms with Crippen LogP contribution in [0.25, 0.3) is 0 Å². The SMILES string of the molecule is COc1ccc(/C(=N/CN2CCCCN(C)CC2=O)N(C)c2ccccc2)cn1. The Kier molecular flexibility index (Phi) is 7.19. The summed E-state index contributed by atoms with van der Waals surface area (Å²) in [5, 5.41) is 0. The average Bonchev–Trinajstić information content (AvgIpc) is 2.75. The summed E-state index contributed by atoms with van der Waals surface area (Å²) < 4.78 is 5.18. The van der Waals surface area contributed by atoms with Gasteiger partial charge in [0.05, 0.1) is 13.7 Å². The van der Waals surface area contributed by atoms with Gasteiger partial charge in [-0.25, -0.2) is 9.98 Å². The number of pyridine rings is 1. The van der Waals surface area contributed by atoms with E-state index in [2.05, 4.69) is 9.88 Å². The molecule has 3 rings (SSSR count). The smallest absolute Gasteiger partial charge is 0.238 e. The Morgan fingerprint density at radius 2 is 1.93 bits per heavy atom. The summed E-state index contributed by atoms with van der Waals surface area (Å²) >= 11 is 0. The number of methoxy groups -OCH3 is 1. The van der Waals surface area contributed by atoms with E-state index in [0.717, 1.165) is 43.0 Å². The van der Waals surface area contributed by atoms with Crippen LogP contribution < -0.4 is 9.64 Å². The molecule has 1 aromatic carbocycles. The summed E-state index contributed by atoms with van der Waals surface area (Å²) in [5.74, 6) is 1.43. The van der Waals surface area contributed by atoms with E-state index in [1.165, 1.54) is 0 Å². The molecule has 0 bridgehead atoms. The van der Waals surface area contributed by atoms with Crippen molar-refractivity contribution in [3.63, 3.8) is 0 Å². The second-order valence-corrected chi connectivity index (χ2v) is 7.21. The van der Waals surface area contributed by atoms with Crippen LogP contribution in [0.15, 0.2) is 53.7 Å². The molecule has 0 unspecified atom stereocenters. The molecule has 0 radical (unpaired) electrons. The highest BCUT2D eigenvalue weighted by atomic mass is 16.5. The van der Waals surface area contributed by atoms with Crippen LogP contribution in [0.1, 0.15) is 18.4 Å². The highest BCUT2D eigenvalue weighted by Gasteiger charge is 2.19. The fourth-order valence-electron chi connectivity index (χ4n) is 3.32. The van der Waals surface area contributed by atoms with Crippen molar-refractivity contribution in [3.8, 4) is 5.88 Å². The van der Waals surface area contributed by atoms with Crippen molar-refractivity contribution in [1.29, 1.82) is 0 Å². The largest absolute Gasteiger partial charge is 0.481 e. The Bertz CT molecular complexity index is 823. The number of benzene rings is 1. The van der Waals surface area contributed by atoms with Crippen molar-refractivity contribution in [2.24, 2.45) is 4.99 Å². The van der Waals surface area contributed by atoms with Gasteiger partial charge in [0.25, 0.3) is 0 Å². The minimum atomic E-state index is 0.116. The molecule has 1 amide bonds. The average molecular weight is 396 g/mol. The van der Waals surface area contributed by atoms with Crippen LogP contribution in [0.4, 0.5) is 5.69 Å². The summed E-state index contributed by atoms with van der Waals surface area (Å²) in [5.41, 5.74) is 1.88. The number of aromatic nitrogens is 1. The molecular formula is C22H29N5O2. The number of amidine groups is 1. The zero-order valence-electron chi connectivity index (χ0n) is 17.4. The molecule has 0 N–H and O–H groups in total. The highest BCUT2D eigenvalue weighted by Crippen LogP contribution is 2.17. The van der Waals surface area contributed by atoms with Gasteiger partial charge in [-0.2, -0.15) is 0 Å². The van der Waals surface area contributed by atoms with Crippen LogP contribution in [0, 0.1) is 0 Å². The normalized spacial score (nSPS) is 16.3. The zero-order valence-corrected chi connectivity index (χ0v) is 17.4. The molecule has 1 saturated heterocycles. The summed E-state index contributed by atoms with van der Waals surface area (Å²) in [6.07, 6.45) is 3.82. The molecule has 1 aliphatic heterocycles. The number of likely N-dealkylation sites (N-methyl/N-ethyl adjacent to an activating group) is 1. The lowest BCUT2D eigenvalue weighted by atomic mass is 10.2. The molecule has 2 aromatic rings. The third kappa shape index (κ3) is 5.54. The molecule has 0 atom stereocenters. The number of hydrogen-bond donors (Lipinski definition) is 0. The van der Waals surface area contributed by atoms with E-state index >= 15 is 0 Å². The molecule has 1 aliphatic rings. The first kappa shape index (κ1) is 20.8. The topological polar surface area (TPSA) is 61.3 Å². The van der Waals surface area contributed by atoms with E-state index in [1.807, 2.05) is 66.4 Å². The third-order valence-electron chi connectivity index (χ3n) is 5.03. The maximum absolute atomic E-state index is 12.6. The fraction of sp³-hybridized carbons (Fsp3) is 0.409. The van der Waals surface area contributed by atoms with E-state index in [-0.39, 0.29) is 5.91 Å². The van der Waals surface area contributed by atoms with Gasteiger partial charge in [-0.15, -0.1) is 0 Å². The van der Waals surface area contributed by atoms with E-state index in [4.69, 9.17) is 9.73 Å².